The topological polar surface area (TPSA) is 50.4 Å². The number of aryl methyl sites for hydroxylation is 2. The molecule has 0 spiro atoms. The highest BCUT2D eigenvalue weighted by Crippen LogP contribution is 2.26. The number of nitrogens with one attached hydrogen (secondary N) is 2. The van der Waals surface area contributed by atoms with E-state index >= 15 is 0 Å². The fraction of sp³-hybridized carbons (Fsp3) is 0.562. The van der Waals surface area contributed by atoms with Crippen LogP contribution in [0.1, 0.15) is 36.0 Å². The molecule has 0 aromatic heterocycles. The van der Waals surface area contributed by atoms with Gasteiger partial charge < -0.3 is 15.4 Å². The maximum Gasteiger partial charge on any atom is 0.387 e. The van der Waals surface area contributed by atoms with Crippen LogP contribution in [0.4, 0.5) is 8.78 Å². The predicted molar refractivity (Wildman–Crippen MR) is 80.0 cm³/mol. The summed E-state index contributed by atoms with van der Waals surface area (Å²) < 4.78 is 29.3. The van der Waals surface area contributed by atoms with Crippen LogP contribution in [0.3, 0.4) is 0 Å². The van der Waals surface area contributed by atoms with Gasteiger partial charge in [-0.3, -0.25) is 4.79 Å². The van der Waals surface area contributed by atoms with Crippen molar-refractivity contribution in [1.29, 1.82) is 0 Å². The van der Waals surface area contributed by atoms with Gasteiger partial charge in [-0.1, -0.05) is 12.1 Å². The third-order valence-electron chi connectivity index (χ3n) is 3.81. The molecule has 1 amide bonds. The monoisotopic (exact) mass is 312 g/mol. The minimum Gasteiger partial charge on any atom is -0.434 e. The van der Waals surface area contributed by atoms with Gasteiger partial charge in [-0.2, -0.15) is 8.78 Å². The number of ether oxygens (including phenoxy) is 1. The predicted octanol–water partition coefficient (Wildman–Crippen LogP) is 2.66. The lowest BCUT2D eigenvalue weighted by Gasteiger charge is -2.17. The Labute approximate surface area is 129 Å². The molecule has 1 aromatic rings. The highest BCUT2D eigenvalue weighted by atomic mass is 19.3. The summed E-state index contributed by atoms with van der Waals surface area (Å²) in [6.45, 7) is 1.92. The Hall–Kier alpha value is -1.69. The maximum absolute atomic E-state index is 12.4. The molecule has 0 bridgehead atoms. The Bertz CT molecular complexity index is 512. The Morgan fingerprint density at radius 2 is 2.00 bits per heavy atom. The molecular formula is C16H22F2N2O2. The number of hydrogen-bond acceptors (Lipinski definition) is 3. The number of rotatable bonds is 5. The van der Waals surface area contributed by atoms with Gasteiger partial charge in [0.15, 0.2) is 0 Å². The molecule has 2 N–H and O–H groups in total. The highest BCUT2D eigenvalue weighted by molar-refractivity contribution is 5.81. The number of benzene rings is 1. The molecule has 1 fully saturated rings. The number of alkyl halides is 2. The van der Waals surface area contributed by atoms with E-state index in [0.29, 0.717) is 17.7 Å². The first-order valence-electron chi connectivity index (χ1n) is 7.53. The van der Waals surface area contributed by atoms with E-state index in [1.807, 2.05) is 12.1 Å². The smallest absolute Gasteiger partial charge is 0.387 e. The van der Waals surface area contributed by atoms with Gasteiger partial charge >= 0.3 is 6.61 Å². The zero-order valence-corrected chi connectivity index (χ0v) is 12.9. The van der Waals surface area contributed by atoms with Crippen molar-refractivity contribution >= 4 is 5.91 Å². The lowest BCUT2D eigenvalue weighted by atomic mass is 10.0. The van der Waals surface area contributed by atoms with E-state index in [1.165, 1.54) is 0 Å². The van der Waals surface area contributed by atoms with E-state index in [0.717, 1.165) is 31.4 Å². The molecule has 6 heteroatoms. The number of halogens is 2. The van der Waals surface area contributed by atoms with E-state index in [1.54, 1.807) is 13.8 Å². The first kappa shape index (κ1) is 16.7. The molecule has 122 valence electrons. The minimum absolute atomic E-state index is 0.0311. The van der Waals surface area contributed by atoms with E-state index < -0.39 is 6.61 Å². The lowest BCUT2D eigenvalue weighted by molar-refractivity contribution is -0.122. The highest BCUT2D eigenvalue weighted by Gasteiger charge is 2.20. The van der Waals surface area contributed by atoms with Crippen LogP contribution in [0.25, 0.3) is 0 Å². The molecule has 1 aliphatic rings. The van der Waals surface area contributed by atoms with E-state index in [9.17, 15) is 13.6 Å². The average molecular weight is 312 g/mol. The summed E-state index contributed by atoms with van der Waals surface area (Å²) >= 11 is 0. The second kappa shape index (κ2) is 7.54. The molecule has 1 atom stereocenters. The average Bonchev–Trinajstić information content (AvgIpc) is 2.65. The molecule has 1 aliphatic heterocycles. The van der Waals surface area contributed by atoms with Crippen LogP contribution < -0.4 is 15.4 Å². The van der Waals surface area contributed by atoms with E-state index in [4.69, 9.17) is 0 Å². The summed E-state index contributed by atoms with van der Waals surface area (Å²) in [6.07, 6.45) is 2.83. The quantitative estimate of drug-likeness (QED) is 0.879. The van der Waals surface area contributed by atoms with Crippen molar-refractivity contribution in [3.8, 4) is 5.75 Å². The first-order chi connectivity index (χ1) is 10.5. The van der Waals surface area contributed by atoms with Gasteiger partial charge in [-0.15, -0.1) is 0 Å². The van der Waals surface area contributed by atoms with Gasteiger partial charge in [0.1, 0.15) is 5.75 Å². The Kier molecular flexibility index (Phi) is 5.71. The molecule has 1 unspecified atom stereocenters. The molecule has 22 heavy (non-hydrogen) atoms. The molecule has 0 saturated carbocycles. The van der Waals surface area contributed by atoms with Crippen LogP contribution in [0.15, 0.2) is 12.1 Å². The van der Waals surface area contributed by atoms with Crippen LogP contribution in [-0.4, -0.2) is 25.1 Å². The Morgan fingerprint density at radius 1 is 1.32 bits per heavy atom. The maximum atomic E-state index is 12.4. The van der Waals surface area contributed by atoms with Crippen molar-refractivity contribution in [2.75, 3.05) is 6.54 Å². The summed E-state index contributed by atoms with van der Waals surface area (Å²) in [5.74, 6) is 0.259. The number of carbonyl (C=O) groups is 1. The number of carbonyl (C=O) groups excluding carboxylic acids is 1. The van der Waals surface area contributed by atoms with Crippen molar-refractivity contribution in [2.24, 2.45) is 0 Å². The summed E-state index contributed by atoms with van der Waals surface area (Å²) in [7, 11) is 0. The van der Waals surface area contributed by atoms with Gasteiger partial charge in [-0.25, -0.2) is 0 Å². The molecule has 2 rings (SSSR count). The Balaban J connectivity index is 2.02. The molecule has 1 heterocycles. The second-order valence-electron chi connectivity index (χ2n) is 5.66. The fourth-order valence-corrected chi connectivity index (χ4v) is 2.79. The fourth-order valence-electron chi connectivity index (χ4n) is 2.79. The van der Waals surface area contributed by atoms with Crippen molar-refractivity contribution in [3.05, 3.63) is 28.8 Å². The van der Waals surface area contributed by atoms with Crippen LogP contribution in [0.2, 0.25) is 0 Å². The van der Waals surface area contributed by atoms with Gasteiger partial charge in [-0.05, 0) is 49.8 Å². The van der Waals surface area contributed by atoms with Crippen LogP contribution in [0, 0.1) is 13.8 Å². The van der Waals surface area contributed by atoms with Crippen LogP contribution in [0.5, 0.6) is 5.75 Å². The van der Waals surface area contributed by atoms with Crippen LogP contribution >= 0.6 is 0 Å². The van der Waals surface area contributed by atoms with Gasteiger partial charge in [0.25, 0.3) is 0 Å². The standard InChI is InChI=1S/C16H22F2N2O2/c1-10-7-12(8-11(2)14(10)22-16(17)18)9-20-13-5-3-4-6-19-15(13)21/h7-8,13,16,20H,3-6,9H2,1-2H3,(H,19,21). The number of amides is 1. The zero-order chi connectivity index (χ0) is 16.1. The molecule has 0 radical (unpaired) electrons. The molecular weight excluding hydrogens is 290 g/mol. The van der Waals surface area contributed by atoms with Crippen molar-refractivity contribution < 1.29 is 18.3 Å². The lowest BCUT2D eigenvalue weighted by Crippen LogP contribution is -2.42. The molecule has 4 nitrogen and oxygen atoms in total. The second-order valence-corrected chi connectivity index (χ2v) is 5.66. The van der Waals surface area contributed by atoms with Crippen molar-refractivity contribution in [1.82, 2.24) is 10.6 Å². The Morgan fingerprint density at radius 3 is 2.64 bits per heavy atom. The largest absolute Gasteiger partial charge is 0.434 e. The van der Waals surface area contributed by atoms with E-state index in [-0.39, 0.29) is 17.7 Å². The van der Waals surface area contributed by atoms with Gasteiger partial charge in [0, 0.05) is 13.1 Å². The van der Waals surface area contributed by atoms with Crippen LogP contribution in [-0.2, 0) is 11.3 Å². The van der Waals surface area contributed by atoms with Crippen molar-refractivity contribution in [3.63, 3.8) is 0 Å². The summed E-state index contributed by atoms with van der Waals surface area (Å²) in [5, 5.41) is 6.12. The SMILES string of the molecule is Cc1cc(CNC2CCCCNC2=O)cc(C)c1OC(F)F. The first-order valence-corrected chi connectivity index (χ1v) is 7.53. The van der Waals surface area contributed by atoms with Crippen molar-refractivity contribution in [2.45, 2.75) is 52.3 Å². The summed E-state index contributed by atoms with van der Waals surface area (Å²) in [4.78, 5) is 11.9. The van der Waals surface area contributed by atoms with Gasteiger partial charge in [0.2, 0.25) is 5.91 Å². The zero-order valence-electron chi connectivity index (χ0n) is 12.9. The molecule has 1 saturated heterocycles. The third kappa shape index (κ3) is 4.40. The summed E-state index contributed by atoms with van der Waals surface area (Å²) in [6, 6.07) is 3.43. The third-order valence-corrected chi connectivity index (χ3v) is 3.81. The number of hydrogen-bond donors (Lipinski definition) is 2. The summed E-state index contributed by atoms with van der Waals surface area (Å²) in [5.41, 5.74) is 2.29. The minimum atomic E-state index is -2.82. The normalized spacial score (nSPS) is 19.0. The van der Waals surface area contributed by atoms with E-state index in [2.05, 4.69) is 15.4 Å². The molecule has 0 aliphatic carbocycles. The van der Waals surface area contributed by atoms with Gasteiger partial charge in [0.05, 0.1) is 6.04 Å². The molecule has 1 aromatic carbocycles.